The molecule has 0 heterocycles. The molecule has 2 amide bonds. The number of rotatable bonds is 6. The number of ether oxygens (including phenoxy) is 1. The zero-order chi connectivity index (χ0) is 16.8. The number of alkyl carbamates (subject to hydrolysis) is 1. The van der Waals surface area contributed by atoms with Crippen molar-refractivity contribution in [2.45, 2.75) is 65.6 Å². The quantitative estimate of drug-likeness (QED) is 0.690. The van der Waals surface area contributed by atoms with Gasteiger partial charge in [0.1, 0.15) is 17.7 Å². The van der Waals surface area contributed by atoms with Crippen molar-refractivity contribution in [1.29, 1.82) is 0 Å². The van der Waals surface area contributed by atoms with Crippen molar-refractivity contribution in [2.24, 2.45) is 5.92 Å². The second kappa shape index (κ2) is 7.85. The Hall–Kier alpha value is -1.79. The summed E-state index contributed by atoms with van der Waals surface area (Å²) in [7, 11) is 0. The number of hydrogen-bond acceptors (Lipinski definition) is 4. The minimum Gasteiger partial charge on any atom is -0.480 e. The van der Waals surface area contributed by atoms with Crippen molar-refractivity contribution in [3.8, 4) is 0 Å². The molecule has 0 aromatic rings. The SMILES string of the molecule is CC(C)CC(NC(=O)OC(C)(C)C)C(=O)NC(C)C(=O)O. The van der Waals surface area contributed by atoms with Crippen LogP contribution in [0.5, 0.6) is 0 Å². The number of hydrogen-bond donors (Lipinski definition) is 3. The third kappa shape index (κ3) is 8.88. The van der Waals surface area contributed by atoms with Gasteiger partial charge in [-0.05, 0) is 40.0 Å². The maximum absolute atomic E-state index is 12.0. The average molecular weight is 302 g/mol. The van der Waals surface area contributed by atoms with E-state index in [4.69, 9.17) is 9.84 Å². The van der Waals surface area contributed by atoms with Gasteiger partial charge >= 0.3 is 12.1 Å². The van der Waals surface area contributed by atoms with E-state index in [-0.39, 0.29) is 5.92 Å². The lowest BCUT2D eigenvalue weighted by atomic mass is 10.0. The Morgan fingerprint density at radius 2 is 1.62 bits per heavy atom. The zero-order valence-electron chi connectivity index (χ0n) is 13.5. The molecule has 7 heteroatoms. The molecular weight excluding hydrogens is 276 g/mol. The highest BCUT2D eigenvalue weighted by Gasteiger charge is 2.27. The van der Waals surface area contributed by atoms with E-state index < -0.39 is 35.7 Å². The molecule has 0 aromatic carbocycles. The fourth-order valence-electron chi connectivity index (χ4n) is 1.53. The van der Waals surface area contributed by atoms with E-state index in [9.17, 15) is 14.4 Å². The third-order valence-electron chi connectivity index (χ3n) is 2.44. The van der Waals surface area contributed by atoms with Crippen LogP contribution < -0.4 is 10.6 Å². The Kier molecular flexibility index (Phi) is 7.18. The first-order valence-corrected chi connectivity index (χ1v) is 6.95. The molecule has 0 aliphatic heterocycles. The summed E-state index contributed by atoms with van der Waals surface area (Å²) in [5, 5.41) is 13.6. The fourth-order valence-corrected chi connectivity index (χ4v) is 1.53. The lowest BCUT2D eigenvalue weighted by Gasteiger charge is -2.24. The number of carbonyl (C=O) groups is 3. The van der Waals surface area contributed by atoms with Gasteiger partial charge in [-0.2, -0.15) is 0 Å². The van der Waals surface area contributed by atoms with Crippen LogP contribution in [0.2, 0.25) is 0 Å². The molecule has 122 valence electrons. The molecule has 0 aliphatic rings. The first-order valence-electron chi connectivity index (χ1n) is 6.95. The normalized spacial score (nSPS) is 14.2. The molecule has 21 heavy (non-hydrogen) atoms. The Labute approximate surface area is 125 Å². The van der Waals surface area contributed by atoms with Crippen molar-refractivity contribution in [1.82, 2.24) is 10.6 Å². The van der Waals surface area contributed by atoms with Crippen LogP contribution in [0.25, 0.3) is 0 Å². The monoisotopic (exact) mass is 302 g/mol. The van der Waals surface area contributed by atoms with Crippen molar-refractivity contribution in [3.63, 3.8) is 0 Å². The standard InChI is InChI=1S/C14H26N2O5/c1-8(2)7-10(11(17)15-9(3)12(18)19)16-13(20)21-14(4,5)6/h8-10H,7H2,1-6H3,(H,15,17)(H,16,20)(H,18,19). The third-order valence-corrected chi connectivity index (χ3v) is 2.44. The van der Waals surface area contributed by atoms with Gasteiger partial charge in [-0.25, -0.2) is 4.79 Å². The van der Waals surface area contributed by atoms with E-state index in [2.05, 4.69) is 10.6 Å². The summed E-state index contributed by atoms with van der Waals surface area (Å²) in [6.07, 6.45) is -0.316. The van der Waals surface area contributed by atoms with Gasteiger partial charge in [0.25, 0.3) is 0 Å². The number of carbonyl (C=O) groups excluding carboxylic acids is 2. The predicted molar refractivity (Wildman–Crippen MR) is 77.9 cm³/mol. The van der Waals surface area contributed by atoms with Crippen molar-refractivity contribution < 1.29 is 24.2 Å². The van der Waals surface area contributed by atoms with Crippen LogP contribution in [0.4, 0.5) is 4.79 Å². The number of amides is 2. The van der Waals surface area contributed by atoms with Crippen LogP contribution in [0.15, 0.2) is 0 Å². The van der Waals surface area contributed by atoms with Gasteiger partial charge in [0.15, 0.2) is 0 Å². The summed E-state index contributed by atoms with van der Waals surface area (Å²) < 4.78 is 5.11. The van der Waals surface area contributed by atoms with E-state index in [0.717, 1.165) is 0 Å². The molecule has 0 saturated carbocycles. The predicted octanol–water partition coefficient (Wildman–Crippen LogP) is 1.52. The zero-order valence-corrected chi connectivity index (χ0v) is 13.5. The molecule has 3 N–H and O–H groups in total. The highest BCUT2D eigenvalue weighted by molar-refractivity contribution is 5.89. The highest BCUT2D eigenvalue weighted by Crippen LogP contribution is 2.09. The van der Waals surface area contributed by atoms with Crippen LogP contribution in [0, 0.1) is 5.92 Å². The van der Waals surface area contributed by atoms with Gasteiger partial charge in [-0.3, -0.25) is 9.59 Å². The summed E-state index contributed by atoms with van der Waals surface area (Å²) in [6.45, 7) is 10.3. The largest absolute Gasteiger partial charge is 0.480 e. The number of carboxylic acid groups (broad SMARTS) is 1. The molecule has 0 bridgehead atoms. The van der Waals surface area contributed by atoms with Crippen LogP contribution in [-0.4, -0.2) is 40.8 Å². The van der Waals surface area contributed by atoms with Crippen molar-refractivity contribution in [3.05, 3.63) is 0 Å². The second-order valence-corrected chi connectivity index (χ2v) is 6.40. The minimum atomic E-state index is -1.14. The average Bonchev–Trinajstić information content (AvgIpc) is 2.24. The van der Waals surface area contributed by atoms with Crippen molar-refractivity contribution >= 4 is 18.0 Å². The first-order chi connectivity index (χ1) is 9.42. The maximum Gasteiger partial charge on any atom is 0.408 e. The highest BCUT2D eigenvalue weighted by atomic mass is 16.6. The van der Waals surface area contributed by atoms with Gasteiger partial charge < -0.3 is 20.5 Å². The summed E-state index contributed by atoms with van der Waals surface area (Å²) in [5.74, 6) is -1.52. The number of nitrogens with one attached hydrogen (secondary N) is 2. The molecule has 0 saturated heterocycles. The van der Waals surface area contributed by atoms with Crippen LogP contribution in [0.3, 0.4) is 0 Å². The lowest BCUT2D eigenvalue weighted by molar-refractivity contribution is -0.141. The number of aliphatic carboxylic acids is 1. The first kappa shape index (κ1) is 19.2. The molecule has 2 unspecified atom stereocenters. The van der Waals surface area contributed by atoms with Crippen LogP contribution in [0.1, 0.15) is 48.0 Å². The van der Waals surface area contributed by atoms with Gasteiger partial charge in [-0.1, -0.05) is 13.8 Å². The molecule has 0 aromatic heterocycles. The molecule has 7 nitrogen and oxygen atoms in total. The van der Waals surface area contributed by atoms with Gasteiger partial charge in [0.2, 0.25) is 5.91 Å². The lowest BCUT2D eigenvalue weighted by Crippen LogP contribution is -2.52. The van der Waals surface area contributed by atoms with Crippen LogP contribution in [-0.2, 0) is 14.3 Å². The van der Waals surface area contributed by atoms with E-state index in [1.165, 1.54) is 6.92 Å². The van der Waals surface area contributed by atoms with E-state index in [0.29, 0.717) is 6.42 Å². The van der Waals surface area contributed by atoms with E-state index >= 15 is 0 Å². The van der Waals surface area contributed by atoms with E-state index in [1.54, 1.807) is 20.8 Å². The Morgan fingerprint density at radius 1 is 1.10 bits per heavy atom. The smallest absolute Gasteiger partial charge is 0.408 e. The Balaban J connectivity index is 4.75. The topological polar surface area (TPSA) is 105 Å². The Morgan fingerprint density at radius 3 is 2.00 bits per heavy atom. The Bertz CT molecular complexity index is 387. The summed E-state index contributed by atoms with van der Waals surface area (Å²) in [4.78, 5) is 34.6. The molecule has 0 spiro atoms. The minimum absolute atomic E-state index is 0.149. The van der Waals surface area contributed by atoms with Gasteiger partial charge in [0.05, 0.1) is 0 Å². The molecule has 0 aliphatic carbocycles. The molecule has 0 fully saturated rings. The fraction of sp³-hybridized carbons (Fsp3) is 0.786. The summed E-state index contributed by atoms with van der Waals surface area (Å²) in [5.41, 5.74) is -0.669. The second-order valence-electron chi connectivity index (χ2n) is 6.40. The number of carboxylic acids is 1. The molecule has 0 radical (unpaired) electrons. The van der Waals surface area contributed by atoms with E-state index in [1.807, 2.05) is 13.8 Å². The molecule has 2 atom stereocenters. The van der Waals surface area contributed by atoms with Gasteiger partial charge in [-0.15, -0.1) is 0 Å². The molecular formula is C14H26N2O5. The maximum atomic E-state index is 12.0. The van der Waals surface area contributed by atoms with Gasteiger partial charge in [0, 0.05) is 0 Å². The summed E-state index contributed by atoms with van der Waals surface area (Å²) in [6, 6.07) is -1.85. The van der Waals surface area contributed by atoms with Crippen LogP contribution >= 0.6 is 0 Å². The van der Waals surface area contributed by atoms with Crippen molar-refractivity contribution in [2.75, 3.05) is 0 Å². The summed E-state index contributed by atoms with van der Waals surface area (Å²) >= 11 is 0. The molecule has 0 rings (SSSR count).